The molecule has 0 fully saturated rings. The number of hydrogen-bond donors (Lipinski definition) is 1. The van der Waals surface area contributed by atoms with Crippen molar-refractivity contribution in [1.29, 1.82) is 0 Å². The number of ether oxygens (including phenoxy) is 1. The number of sulfonamides is 1. The van der Waals surface area contributed by atoms with Gasteiger partial charge in [0.1, 0.15) is 0 Å². The van der Waals surface area contributed by atoms with Gasteiger partial charge >= 0.3 is 5.97 Å². The summed E-state index contributed by atoms with van der Waals surface area (Å²) in [5.41, 5.74) is 1.26. The number of nitrogens with zero attached hydrogens (tertiary/aromatic N) is 1. The third kappa shape index (κ3) is 6.17. The van der Waals surface area contributed by atoms with Gasteiger partial charge in [0.05, 0.1) is 10.5 Å². The SMILES string of the molecule is CN(C)S(=O)(=O)c1cccc(C(=O)OCC(=O)NCCCc2ccccc2)c1. The molecule has 7 nitrogen and oxygen atoms in total. The summed E-state index contributed by atoms with van der Waals surface area (Å²) in [6.07, 6.45) is 1.61. The molecule has 0 radical (unpaired) electrons. The van der Waals surface area contributed by atoms with E-state index >= 15 is 0 Å². The molecule has 0 saturated carbocycles. The quantitative estimate of drug-likeness (QED) is 0.509. The average Bonchev–Trinajstić information content (AvgIpc) is 2.70. The lowest BCUT2D eigenvalue weighted by atomic mass is 10.1. The molecule has 0 aromatic heterocycles. The molecule has 150 valence electrons. The second kappa shape index (κ2) is 10.0. The van der Waals surface area contributed by atoms with Gasteiger partial charge in [0, 0.05) is 20.6 Å². The molecule has 0 aliphatic heterocycles. The van der Waals surface area contributed by atoms with Crippen molar-refractivity contribution in [3.05, 3.63) is 65.7 Å². The number of rotatable bonds is 9. The molecule has 0 aliphatic carbocycles. The van der Waals surface area contributed by atoms with Crippen LogP contribution in [0.3, 0.4) is 0 Å². The van der Waals surface area contributed by atoms with Crippen LogP contribution in [0.25, 0.3) is 0 Å². The summed E-state index contributed by atoms with van der Waals surface area (Å²) in [5.74, 6) is -1.16. The molecule has 0 saturated heterocycles. The van der Waals surface area contributed by atoms with Crippen LogP contribution in [0.1, 0.15) is 22.3 Å². The number of benzene rings is 2. The van der Waals surface area contributed by atoms with Crippen LogP contribution in [0.5, 0.6) is 0 Å². The van der Waals surface area contributed by atoms with Crippen LogP contribution in [0.2, 0.25) is 0 Å². The summed E-state index contributed by atoms with van der Waals surface area (Å²) < 4.78 is 30.3. The second-order valence-electron chi connectivity index (χ2n) is 6.33. The third-order valence-electron chi connectivity index (χ3n) is 3.99. The van der Waals surface area contributed by atoms with E-state index in [9.17, 15) is 18.0 Å². The van der Waals surface area contributed by atoms with Crippen LogP contribution in [0.4, 0.5) is 0 Å². The van der Waals surface area contributed by atoms with Gasteiger partial charge in [-0.3, -0.25) is 4.79 Å². The Morgan fingerprint density at radius 3 is 2.43 bits per heavy atom. The zero-order valence-electron chi connectivity index (χ0n) is 15.9. The highest BCUT2D eigenvalue weighted by atomic mass is 32.2. The van der Waals surface area contributed by atoms with Gasteiger partial charge in [-0.25, -0.2) is 17.5 Å². The topological polar surface area (TPSA) is 92.8 Å². The van der Waals surface area contributed by atoms with Crippen LogP contribution in [0.15, 0.2) is 59.5 Å². The van der Waals surface area contributed by atoms with Crippen molar-refractivity contribution in [3.8, 4) is 0 Å². The largest absolute Gasteiger partial charge is 0.452 e. The lowest BCUT2D eigenvalue weighted by Crippen LogP contribution is -2.30. The van der Waals surface area contributed by atoms with Crippen molar-refractivity contribution in [1.82, 2.24) is 9.62 Å². The number of esters is 1. The molecule has 0 heterocycles. The Morgan fingerprint density at radius 1 is 1.04 bits per heavy atom. The van der Waals surface area contributed by atoms with Gasteiger partial charge in [-0.15, -0.1) is 0 Å². The lowest BCUT2D eigenvalue weighted by Gasteiger charge is -2.12. The van der Waals surface area contributed by atoms with Crippen molar-refractivity contribution >= 4 is 21.9 Å². The summed E-state index contributed by atoms with van der Waals surface area (Å²) in [6.45, 7) is 0.0523. The van der Waals surface area contributed by atoms with Gasteiger partial charge in [0.25, 0.3) is 5.91 Å². The van der Waals surface area contributed by atoms with Crippen molar-refractivity contribution in [2.24, 2.45) is 0 Å². The first-order valence-corrected chi connectivity index (χ1v) is 10.2. The molecule has 0 aliphatic rings. The van der Waals surface area contributed by atoms with Gasteiger partial charge in [-0.1, -0.05) is 36.4 Å². The Kier molecular flexibility index (Phi) is 7.71. The molecular formula is C20H24N2O5S. The third-order valence-corrected chi connectivity index (χ3v) is 5.80. The van der Waals surface area contributed by atoms with Crippen LogP contribution in [0, 0.1) is 0 Å². The zero-order chi connectivity index (χ0) is 20.6. The van der Waals surface area contributed by atoms with Crippen LogP contribution >= 0.6 is 0 Å². The fourth-order valence-corrected chi connectivity index (χ4v) is 3.37. The summed E-state index contributed by atoms with van der Waals surface area (Å²) >= 11 is 0. The van der Waals surface area contributed by atoms with Crippen molar-refractivity contribution in [3.63, 3.8) is 0 Å². The van der Waals surface area contributed by atoms with Crippen LogP contribution in [-0.4, -0.2) is 51.8 Å². The molecule has 0 bridgehead atoms. The number of carbonyl (C=O) groups is 2. The van der Waals surface area contributed by atoms with E-state index in [0.29, 0.717) is 6.54 Å². The summed E-state index contributed by atoms with van der Waals surface area (Å²) in [7, 11) is -0.845. The number of aryl methyl sites for hydroxylation is 1. The van der Waals surface area contributed by atoms with Crippen LogP contribution < -0.4 is 5.32 Å². The minimum absolute atomic E-state index is 0.0164. The highest BCUT2D eigenvalue weighted by molar-refractivity contribution is 7.89. The number of amides is 1. The predicted octanol–water partition coefficient (Wildman–Crippen LogP) is 1.84. The molecule has 2 aromatic carbocycles. The van der Waals surface area contributed by atoms with E-state index in [1.165, 1.54) is 43.9 Å². The van der Waals surface area contributed by atoms with E-state index in [2.05, 4.69) is 5.32 Å². The summed E-state index contributed by atoms with van der Waals surface area (Å²) in [4.78, 5) is 23.9. The highest BCUT2D eigenvalue weighted by Crippen LogP contribution is 2.15. The van der Waals surface area contributed by atoms with E-state index in [4.69, 9.17) is 4.74 Å². The Balaban J connectivity index is 1.79. The number of hydrogen-bond acceptors (Lipinski definition) is 5. The summed E-state index contributed by atoms with van der Waals surface area (Å²) in [5, 5.41) is 2.69. The Bertz CT molecular complexity index is 911. The lowest BCUT2D eigenvalue weighted by molar-refractivity contribution is -0.124. The van der Waals surface area contributed by atoms with Crippen molar-refractivity contribution in [2.45, 2.75) is 17.7 Å². The average molecular weight is 404 g/mol. The highest BCUT2D eigenvalue weighted by Gasteiger charge is 2.19. The minimum atomic E-state index is -3.66. The molecule has 1 amide bonds. The van der Waals surface area contributed by atoms with E-state index in [-0.39, 0.29) is 10.5 Å². The second-order valence-corrected chi connectivity index (χ2v) is 8.48. The fourth-order valence-electron chi connectivity index (χ4n) is 2.42. The van der Waals surface area contributed by atoms with Gasteiger partial charge in [0.15, 0.2) is 6.61 Å². The minimum Gasteiger partial charge on any atom is -0.452 e. The molecule has 28 heavy (non-hydrogen) atoms. The van der Waals surface area contributed by atoms with E-state index in [1.807, 2.05) is 30.3 Å². The molecular weight excluding hydrogens is 380 g/mol. The molecule has 0 unspecified atom stereocenters. The maximum Gasteiger partial charge on any atom is 0.338 e. The van der Waals surface area contributed by atoms with Crippen molar-refractivity contribution < 1.29 is 22.7 Å². The smallest absolute Gasteiger partial charge is 0.338 e. The van der Waals surface area contributed by atoms with Gasteiger partial charge in [-0.2, -0.15) is 0 Å². The van der Waals surface area contributed by atoms with E-state index in [1.54, 1.807) is 0 Å². The maximum absolute atomic E-state index is 12.1. The van der Waals surface area contributed by atoms with Gasteiger partial charge in [0.2, 0.25) is 10.0 Å². The first-order chi connectivity index (χ1) is 13.3. The zero-order valence-corrected chi connectivity index (χ0v) is 16.7. The van der Waals surface area contributed by atoms with E-state index in [0.717, 1.165) is 17.1 Å². The molecule has 8 heteroatoms. The molecule has 0 spiro atoms. The normalized spacial score (nSPS) is 11.2. The molecule has 2 rings (SSSR count). The van der Waals surface area contributed by atoms with E-state index < -0.39 is 28.5 Å². The first kappa shape index (κ1) is 21.6. The standard InChI is InChI=1S/C20H24N2O5S/c1-22(2)28(25,26)18-12-6-11-17(14-18)20(24)27-15-19(23)21-13-7-10-16-8-4-3-5-9-16/h3-6,8-9,11-12,14H,7,10,13,15H2,1-2H3,(H,21,23). The van der Waals surface area contributed by atoms with Crippen LogP contribution in [-0.2, 0) is 26.0 Å². The Labute approximate surface area is 165 Å². The first-order valence-electron chi connectivity index (χ1n) is 8.81. The Hall–Kier alpha value is -2.71. The molecule has 2 aromatic rings. The molecule has 0 atom stereocenters. The number of carbonyl (C=O) groups excluding carboxylic acids is 2. The van der Waals surface area contributed by atoms with Crippen molar-refractivity contribution in [2.75, 3.05) is 27.2 Å². The van der Waals surface area contributed by atoms with Gasteiger partial charge < -0.3 is 10.1 Å². The summed E-state index contributed by atoms with van der Waals surface area (Å²) in [6, 6.07) is 15.4. The maximum atomic E-state index is 12.1. The van der Waals surface area contributed by atoms with Gasteiger partial charge in [-0.05, 0) is 36.6 Å². The fraction of sp³-hybridized carbons (Fsp3) is 0.300. The monoisotopic (exact) mass is 404 g/mol. The Morgan fingerprint density at radius 2 is 1.75 bits per heavy atom. The predicted molar refractivity (Wildman–Crippen MR) is 105 cm³/mol. The number of nitrogens with one attached hydrogen (secondary N) is 1. The molecule has 1 N–H and O–H groups in total.